The number of halogens is 2. The molecule has 0 bridgehead atoms. The van der Waals surface area contributed by atoms with E-state index in [2.05, 4.69) is 20.0 Å². The van der Waals surface area contributed by atoms with Crippen LogP contribution in [0.25, 0.3) is 16.8 Å². The fourth-order valence-electron chi connectivity index (χ4n) is 4.36. The van der Waals surface area contributed by atoms with Gasteiger partial charge in [0.1, 0.15) is 12.1 Å². The monoisotopic (exact) mass is 434 g/mol. The fraction of sp³-hybridized carbons (Fsp3) is 0.333. The Hall–Kier alpha value is -3.42. The molecule has 1 aliphatic rings. The molecule has 1 fully saturated rings. The lowest BCUT2D eigenvalue weighted by Gasteiger charge is -2.32. The van der Waals surface area contributed by atoms with E-state index >= 15 is 0 Å². The number of fused-ring (bicyclic) bond motifs is 1. The Kier molecular flexibility index (Phi) is 5.28. The molecule has 4 heterocycles. The fourth-order valence-corrected chi connectivity index (χ4v) is 4.36. The Morgan fingerprint density at radius 3 is 2.56 bits per heavy atom. The molecule has 0 amide bonds. The summed E-state index contributed by atoms with van der Waals surface area (Å²) in [7, 11) is 0. The van der Waals surface area contributed by atoms with Gasteiger partial charge < -0.3 is 4.90 Å². The highest BCUT2D eigenvalue weighted by atomic mass is 19.2. The molecule has 0 atom stereocenters. The third-order valence-electron chi connectivity index (χ3n) is 6.04. The van der Waals surface area contributed by atoms with E-state index in [4.69, 9.17) is 4.98 Å². The predicted molar refractivity (Wildman–Crippen MR) is 118 cm³/mol. The van der Waals surface area contributed by atoms with Gasteiger partial charge >= 0.3 is 0 Å². The maximum absolute atomic E-state index is 13.8. The molecular weight excluding hydrogens is 410 g/mol. The van der Waals surface area contributed by atoms with Crippen molar-refractivity contribution in [3.05, 3.63) is 71.6 Å². The molecule has 4 aromatic rings. The molecule has 164 valence electrons. The first kappa shape index (κ1) is 20.5. The summed E-state index contributed by atoms with van der Waals surface area (Å²) in [4.78, 5) is 15.6. The molecule has 8 heteroatoms. The lowest BCUT2D eigenvalue weighted by molar-refractivity contribution is 0.395. The third kappa shape index (κ3) is 4.04. The molecule has 32 heavy (non-hydrogen) atoms. The minimum Gasteiger partial charge on any atom is -0.356 e. The second-order valence-electron chi connectivity index (χ2n) is 8.51. The summed E-state index contributed by atoms with van der Waals surface area (Å²) < 4.78 is 29.0. The molecule has 1 aromatic carbocycles. The van der Waals surface area contributed by atoms with Crippen LogP contribution in [0.2, 0.25) is 0 Å². The van der Waals surface area contributed by atoms with Crippen molar-refractivity contribution >= 4 is 11.5 Å². The molecule has 1 aliphatic heterocycles. The molecule has 0 N–H and O–H groups in total. The number of aryl methyl sites for hydroxylation is 2. The topological polar surface area (TPSA) is 59.2 Å². The largest absolute Gasteiger partial charge is 0.356 e. The van der Waals surface area contributed by atoms with Crippen molar-refractivity contribution < 1.29 is 8.78 Å². The Balaban J connectivity index is 1.35. The number of pyridine rings is 1. The van der Waals surface area contributed by atoms with Gasteiger partial charge in [-0.15, -0.1) is 0 Å². The maximum Gasteiger partial charge on any atom is 0.163 e. The zero-order chi connectivity index (χ0) is 22.2. The minimum atomic E-state index is -0.868. The average Bonchev–Trinajstić information content (AvgIpc) is 3.17. The molecule has 1 saturated heterocycles. The quantitative estimate of drug-likeness (QED) is 0.472. The standard InChI is InChI=1S/C24H24F2N6/c1-15-9-19(18-3-4-20(25)21(26)12-18)24-29-22(30-32(24)13-15)11-17-5-7-31(8-6-17)23-10-16(2)27-14-28-23/h3-4,9-10,12-14,17H,5-8,11H2,1-2H3. The van der Waals surface area contributed by atoms with Gasteiger partial charge in [-0.2, -0.15) is 5.10 Å². The molecule has 0 spiro atoms. The Morgan fingerprint density at radius 2 is 1.81 bits per heavy atom. The van der Waals surface area contributed by atoms with Crippen molar-refractivity contribution in [2.45, 2.75) is 33.1 Å². The molecule has 0 unspecified atom stereocenters. The van der Waals surface area contributed by atoms with Crippen molar-refractivity contribution in [1.29, 1.82) is 0 Å². The van der Waals surface area contributed by atoms with Crippen LogP contribution in [0.1, 0.15) is 29.9 Å². The number of benzene rings is 1. The van der Waals surface area contributed by atoms with Crippen molar-refractivity contribution in [2.75, 3.05) is 18.0 Å². The first-order valence-corrected chi connectivity index (χ1v) is 10.8. The summed E-state index contributed by atoms with van der Waals surface area (Å²) in [6, 6.07) is 7.89. The average molecular weight is 434 g/mol. The number of nitrogens with zero attached hydrogens (tertiary/aromatic N) is 6. The summed E-state index contributed by atoms with van der Waals surface area (Å²) >= 11 is 0. The molecular formula is C24H24F2N6. The van der Waals surface area contributed by atoms with Gasteiger partial charge in [0.15, 0.2) is 23.1 Å². The second kappa shape index (κ2) is 8.26. The molecule has 6 nitrogen and oxygen atoms in total. The van der Waals surface area contributed by atoms with E-state index in [0.29, 0.717) is 17.1 Å². The van der Waals surface area contributed by atoms with Crippen molar-refractivity contribution in [3.63, 3.8) is 0 Å². The number of piperidine rings is 1. The van der Waals surface area contributed by atoms with Crippen LogP contribution >= 0.6 is 0 Å². The summed E-state index contributed by atoms with van der Waals surface area (Å²) in [6.45, 7) is 5.81. The van der Waals surface area contributed by atoms with Gasteiger partial charge in [-0.3, -0.25) is 0 Å². The highest BCUT2D eigenvalue weighted by Crippen LogP contribution is 2.28. The highest BCUT2D eigenvalue weighted by Gasteiger charge is 2.22. The van der Waals surface area contributed by atoms with Gasteiger partial charge in [0.25, 0.3) is 0 Å². The van der Waals surface area contributed by atoms with Crippen LogP contribution in [-0.2, 0) is 6.42 Å². The summed E-state index contributed by atoms with van der Waals surface area (Å²) in [6.07, 6.45) is 6.38. The Bertz CT molecular complexity index is 1280. The minimum absolute atomic E-state index is 0.486. The molecule has 3 aromatic heterocycles. The number of rotatable bonds is 4. The van der Waals surface area contributed by atoms with Crippen molar-refractivity contribution in [2.24, 2.45) is 5.92 Å². The summed E-state index contributed by atoms with van der Waals surface area (Å²) in [5.41, 5.74) is 3.94. The normalized spacial score (nSPS) is 14.9. The van der Waals surface area contributed by atoms with E-state index in [1.54, 1.807) is 16.9 Å². The van der Waals surface area contributed by atoms with Crippen LogP contribution in [0, 0.1) is 31.4 Å². The van der Waals surface area contributed by atoms with E-state index in [0.717, 1.165) is 66.9 Å². The van der Waals surface area contributed by atoms with Crippen molar-refractivity contribution in [1.82, 2.24) is 24.6 Å². The maximum atomic E-state index is 13.8. The number of aromatic nitrogens is 5. The van der Waals surface area contributed by atoms with Gasteiger partial charge in [-0.05, 0) is 61.9 Å². The smallest absolute Gasteiger partial charge is 0.163 e. The molecule has 0 radical (unpaired) electrons. The SMILES string of the molecule is Cc1cc(-c2ccc(F)c(F)c2)c2nc(CC3CCN(c4cc(C)ncn4)CC3)nn2c1. The van der Waals surface area contributed by atoms with Crippen LogP contribution in [-0.4, -0.2) is 37.7 Å². The number of anilines is 1. The second-order valence-corrected chi connectivity index (χ2v) is 8.51. The summed E-state index contributed by atoms with van der Waals surface area (Å²) in [5.74, 6) is 0.513. The van der Waals surface area contributed by atoms with Crippen LogP contribution in [0.3, 0.4) is 0 Å². The lowest BCUT2D eigenvalue weighted by Crippen LogP contribution is -2.35. The van der Waals surface area contributed by atoms with Crippen LogP contribution in [0.4, 0.5) is 14.6 Å². The number of hydrogen-bond donors (Lipinski definition) is 0. The van der Waals surface area contributed by atoms with Gasteiger partial charge in [0.2, 0.25) is 0 Å². The molecule has 0 saturated carbocycles. The third-order valence-corrected chi connectivity index (χ3v) is 6.04. The van der Waals surface area contributed by atoms with E-state index in [9.17, 15) is 8.78 Å². The first-order chi connectivity index (χ1) is 15.5. The predicted octanol–water partition coefficient (Wildman–Crippen LogP) is 4.54. The van der Waals surface area contributed by atoms with Crippen LogP contribution in [0.15, 0.2) is 42.9 Å². The van der Waals surface area contributed by atoms with E-state index in [1.807, 2.05) is 32.2 Å². The van der Waals surface area contributed by atoms with Crippen LogP contribution in [0.5, 0.6) is 0 Å². The Labute approximate surface area is 185 Å². The highest BCUT2D eigenvalue weighted by molar-refractivity contribution is 5.77. The van der Waals surface area contributed by atoms with Gasteiger partial charge in [0, 0.05) is 43.0 Å². The van der Waals surface area contributed by atoms with Gasteiger partial charge in [-0.25, -0.2) is 28.2 Å². The molecule has 0 aliphatic carbocycles. The van der Waals surface area contributed by atoms with E-state index in [1.165, 1.54) is 6.07 Å². The van der Waals surface area contributed by atoms with E-state index in [-0.39, 0.29) is 0 Å². The summed E-state index contributed by atoms with van der Waals surface area (Å²) in [5, 5.41) is 4.69. The lowest BCUT2D eigenvalue weighted by atomic mass is 9.93. The van der Waals surface area contributed by atoms with E-state index < -0.39 is 11.6 Å². The van der Waals surface area contributed by atoms with Gasteiger partial charge in [0.05, 0.1) is 0 Å². The molecule has 5 rings (SSSR count). The van der Waals surface area contributed by atoms with Crippen molar-refractivity contribution in [3.8, 4) is 11.1 Å². The Morgan fingerprint density at radius 1 is 1.00 bits per heavy atom. The first-order valence-electron chi connectivity index (χ1n) is 10.8. The van der Waals surface area contributed by atoms with Crippen LogP contribution < -0.4 is 4.90 Å². The van der Waals surface area contributed by atoms with Gasteiger partial charge in [-0.1, -0.05) is 6.07 Å². The zero-order valence-corrected chi connectivity index (χ0v) is 18.1. The zero-order valence-electron chi connectivity index (χ0n) is 18.1. The number of hydrogen-bond acceptors (Lipinski definition) is 5.